The summed E-state index contributed by atoms with van der Waals surface area (Å²) in [5.41, 5.74) is 2.79. The molecule has 0 bridgehead atoms. The Morgan fingerprint density at radius 2 is 2.00 bits per heavy atom. The number of aliphatic imine (C=N–C) groups is 1. The molecule has 8 nitrogen and oxygen atoms in total. The summed E-state index contributed by atoms with van der Waals surface area (Å²) in [6.07, 6.45) is 0.797. The van der Waals surface area contributed by atoms with Crippen LogP contribution in [-0.4, -0.2) is 73.1 Å². The summed E-state index contributed by atoms with van der Waals surface area (Å²) in [7, 11) is 1.65. The summed E-state index contributed by atoms with van der Waals surface area (Å²) in [5.74, 6) is 1.75. The number of halogens is 1. The van der Waals surface area contributed by atoms with Gasteiger partial charge < -0.3 is 20.1 Å². The largest absolute Gasteiger partial charge is 0.361 e. The Labute approximate surface area is 201 Å². The Morgan fingerprint density at radius 3 is 2.65 bits per heavy atom. The lowest BCUT2D eigenvalue weighted by molar-refractivity contribution is 0.0963. The fourth-order valence-electron chi connectivity index (χ4n) is 3.57. The molecule has 9 heteroatoms. The molecule has 0 aliphatic carbocycles. The summed E-state index contributed by atoms with van der Waals surface area (Å²) in [5, 5.41) is 10.2. The van der Waals surface area contributed by atoms with Crippen molar-refractivity contribution in [1.82, 2.24) is 25.6 Å². The van der Waals surface area contributed by atoms with Crippen LogP contribution in [0.2, 0.25) is 0 Å². The van der Waals surface area contributed by atoms with Gasteiger partial charge in [-0.1, -0.05) is 17.3 Å². The Hall–Kier alpha value is -2.14. The van der Waals surface area contributed by atoms with Crippen LogP contribution in [0, 0.1) is 6.92 Å². The zero-order valence-electron chi connectivity index (χ0n) is 18.6. The molecule has 2 aromatic rings. The lowest BCUT2D eigenvalue weighted by Gasteiger charge is -2.36. The Kier molecular flexibility index (Phi) is 10.3. The highest BCUT2D eigenvalue weighted by Crippen LogP contribution is 2.10. The highest BCUT2D eigenvalue weighted by atomic mass is 127. The minimum atomic E-state index is -0.0626. The van der Waals surface area contributed by atoms with Crippen LogP contribution in [0.25, 0.3) is 0 Å². The van der Waals surface area contributed by atoms with Crippen molar-refractivity contribution in [2.75, 3.05) is 46.3 Å². The summed E-state index contributed by atoms with van der Waals surface area (Å²) in [4.78, 5) is 21.3. The monoisotopic (exact) mass is 540 g/mol. The van der Waals surface area contributed by atoms with Crippen molar-refractivity contribution in [3.8, 4) is 0 Å². The molecular formula is C22H33IN6O2. The van der Waals surface area contributed by atoms with E-state index in [-0.39, 0.29) is 29.9 Å². The van der Waals surface area contributed by atoms with E-state index in [0.717, 1.165) is 68.7 Å². The smallest absolute Gasteiger partial charge is 0.251 e. The molecule has 0 atom stereocenters. The van der Waals surface area contributed by atoms with Crippen LogP contribution in [0.3, 0.4) is 0 Å². The van der Waals surface area contributed by atoms with E-state index in [2.05, 4.69) is 32.5 Å². The average molecular weight is 540 g/mol. The van der Waals surface area contributed by atoms with Crippen molar-refractivity contribution in [2.24, 2.45) is 4.99 Å². The van der Waals surface area contributed by atoms with Gasteiger partial charge in [-0.15, -0.1) is 24.0 Å². The van der Waals surface area contributed by atoms with Gasteiger partial charge in [0.15, 0.2) is 5.96 Å². The fourth-order valence-corrected chi connectivity index (χ4v) is 3.57. The van der Waals surface area contributed by atoms with Crippen molar-refractivity contribution in [1.29, 1.82) is 0 Å². The van der Waals surface area contributed by atoms with Gasteiger partial charge in [-0.25, -0.2) is 0 Å². The van der Waals surface area contributed by atoms with Gasteiger partial charge in [-0.05, 0) is 38.0 Å². The molecule has 1 fully saturated rings. The molecule has 0 spiro atoms. The quantitative estimate of drug-likeness (QED) is 0.319. The van der Waals surface area contributed by atoms with Gasteiger partial charge in [0.25, 0.3) is 5.91 Å². The van der Waals surface area contributed by atoms with Gasteiger partial charge >= 0.3 is 0 Å². The maximum Gasteiger partial charge on any atom is 0.251 e. The van der Waals surface area contributed by atoms with Gasteiger partial charge in [-0.3, -0.25) is 14.7 Å². The Morgan fingerprint density at radius 1 is 1.23 bits per heavy atom. The minimum absolute atomic E-state index is 0. The number of carbonyl (C=O) groups excluding carboxylic acids is 1. The fraction of sp³-hybridized carbons (Fsp3) is 0.500. The van der Waals surface area contributed by atoms with Crippen LogP contribution in [-0.2, 0) is 13.0 Å². The molecular weight excluding hydrogens is 507 g/mol. The number of nitrogens with one attached hydrogen (secondary N) is 2. The van der Waals surface area contributed by atoms with Gasteiger partial charge in [0.1, 0.15) is 5.76 Å². The predicted molar refractivity (Wildman–Crippen MR) is 133 cm³/mol. The average Bonchev–Trinajstić information content (AvgIpc) is 3.18. The van der Waals surface area contributed by atoms with Crippen LogP contribution in [0.1, 0.15) is 34.3 Å². The van der Waals surface area contributed by atoms with E-state index >= 15 is 0 Å². The number of aromatic nitrogens is 1. The zero-order valence-corrected chi connectivity index (χ0v) is 20.9. The van der Waals surface area contributed by atoms with E-state index in [9.17, 15) is 4.79 Å². The van der Waals surface area contributed by atoms with Crippen molar-refractivity contribution in [3.05, 3.63) is 52.9 Å². The van der Waals surface area contributed by atoms with Crippen molar-refractivity contribution < 1.29 is 9.32 Å². The minimum Gasteiger partial charge on any atom is -0.361 e. The molecule has 2 heterocycles. The van der Waals surface area contributed by atoms with Crippen LogP contribution in [0.5, 0.6) is 0 Å². The first-order chi connectivity index (χ1) is 14.6. The van der Waals surface area contributed by atoms with Gasteiger partial charge in [0, 0.05) is 64.5 Å². The number of rotatable bonds is 7. The third-order valence-corrected chi connectivity index (χ3v) is 5.15. The second-order valence-electron chi connectivity index (χ2n) is 7.46. The molecule has 170 valence electrons. The van der Waals surface area contributed by atoms with E-state index in [0.29, 0.717) is 12.1 Å². The summed E-state index contributed by atoms with van der Waals surface area (Å²) in [6.45, 7) is 10.1. The van der Waals surface area contributed by atoms with E-state index in [1.807, 2.05) is 37.3 Å². The van der Waals surface area contributed by atoms with E-state index < -0.39 is 0 Å². The van der Waals surface area contributed by atoms with Gasteiger partial charge in [0.05, 0.1) is 5.69 Å². The highest BCUT2D eigenvalue weighted by molar-refractivity contribution is 14.0. The number of aryl methyl sites for hydroxylation is 1. The van der Waals surface area contributed by atoms with Crippen LogP contribution < -0.4 is 10.6 Å². The standard InChI is InChI=1S/C22H32N6O2.HI/c1-4-24-22(25-9-8-18-6-5-7-19(15-18)21(29)23-3)28-12-10-27(11-13-28)16-20-14-17(2)30-26-20;/h5-7,14-15H,4,8-13,16H2,1-3H3,(H,23,29)(H,24,25);1H. The van der Waals surface area contributed by atoms with Crippen molar-refractivity contribution >= 4 is 35.8 Å². The topological polar surface area (TPSA) is 86.0 Å². The molecule has 0 unspecified atom stereocenters. The number of hydrogen-bond donors (Lipinski definition) is 2. The molecule has 1 amide bonds. The maximum atomic E-state index is 11.8. The molecule has 2 N–H and O–H groups in total. The van der Waals surface area contributed by atoms with Crippen LogP contribution in [0.15, 0.2) is 39.8 Å². The first kappa shape index (κ1) is 25.1. The number of piperazine rings is 1. The third-order valence-electron chi connectivity index (χ3n) is 5.15. The summed E-state index contributed by atoms with van der Waals surface area (Å²) < 4.78 is 5.17. The number of nitrogens with zero attached hydrogens (tertiary/aromatic N) is 4. The normalized spacial score (nSPS) is 14.8. The van der Waals surface area contributed by atoms with Crippen molar-refractivity contribution in [2.45, 2.75) is 26.8 Å². The van der Waals surface area contributed by atoms with Gasteiger partial charge in [-0.2, -0.15) is 0 Å². The first-order valence-corrected chi connectivity index (χ1v) is 10.6. The molecule has 1 saturated heterocycles. The van der Waals surface area contributed by atoms with Crippen LogP contribution in [0.4, 0.5) is 0 Å². The highest BCUT2D eigenvalue weighted by Gasteiger charge is 2.20. The lowest BCUT2D eigenvalue weighted by atomic mass is 10.1. The SMILES string of the molecule is CCNC(=NCCc1cccc(C(=O)NC)c1)N1CCN(Cc2cc(C)on2)CC1.I. The maximum absolute atomic E-state index is 11.8. The number of carbonyl (C=O) groups is 1. The molecule has 1 aromatic heterocycles. The first-order valence-electron chi connectivity index (χ1n) is 10.6. The van der Waals surface area contributed by atoms with Crippen molar-refractivity contribution in [3.63, 3.8) is 0 Å². The summed E-state index contributed by atoms with van der Waals surface area (Å²) >= 11 is 0. The molecule has 1 aromatic carbocycles. The van der Waals surface area contributed by atoms with E-state index in [4.69, 9.17) is 9.52 Å². The molecule has 0 radical (unpaired) electrons. The van der Waals surface area contributed by atoms with E-state index in [1.165, 1.54) is 0 Å². The second kappa shape index (κ2) is 12.7. The summed E-state index contributed by atoms with van der Waals surface area (Å²) in [6, 6.07) is 9.72. The van der Waals surface area contributed by atoms with Crippen LogP contribution >= 0.6 is 24.0 Å². The Balaban J connectivity index is 0.00000341. The zero-order chi connectivity index (χ0) is 21.3. The third kappa shape index (κ3) is 7.49. The molecule has 0 saturated carbocycles. The van der Waals surface area contributed by atoms with Gasteiger partial charge in [0.2, 0.25) is 0 Å². The number of hydrogen-bond acceptors (Lipinski definition) is 5. The molecule has 31 heavy (non-hydrogen) atoms. The molecule has 1 aliphatic rings. The Bertz CT molecular complexity index is 861. The number of benzene rings is 1. The lowest BCUT2D eigenvalue weighted by Crippen LogP contribution is -2.52. The predicted octanol–water partition coefficient (Wildman–Crippen LogP) is 2.29. The molecule has 1 aliphatic heterocycles. The van der Waals surface area contributed by atoms with E-state index in [1.54, 1.807) is 7.05 Å². The second-order valence-corrected chi connectivity index (χ2v) is 7.46. The molecule has 3 rings (SSSR count). The number of amides is 1. The number of guanidine groups is 1.